The summed E-state index contributed by atoms with van der Waals surface area (Å²) in [5.41, 5.74) is 2.31. The van der Waals surface area contributed by atoms with Gasteiger partial charge in [0.1, 0.15) is 5.75 Å². The minimum absolute atomic E-state index is 0.0472. The smallest absolute Gasteiger partial charge is 0.234 e. The van der Waals surface area contributed by atoms with Gasteiger partial charge in [-0.3, -0.25) is 9.59 Å². The third-order valence-corrected chi connectivity index (χ3v) is 5.47. The normalized spacial score (nSPS) is 11.7. The molecule has 156 valence electrons. The molecular weight excluding hydrogens is 400 g/mol. The molecule has 0 spiro atoms. The average Bonchev–Trinajstić information content (AvgIpc) is 3.09. The minimum atomic E-state index is -0.289. The van der Waals surface area contributed by atoms with Gasteiger partial charge in [0.05, 0.1) is 5.75 Å². The van der Waals surface area contributed by atoms with E-state index in [-0.39, 0.29) is 23.5 Å². The van der Waals surface area contributed by atoms with Gasteiger partial charge >= 0.3 is 0 Å². The molecule has 2 aromatic carbocycles. The van der Waals surface area contributed by atoms with Gasteiger partial charge < -0.3 is 14.6 Å². The van der Waals surface area contributed by atoms with Crippen molar-refractivity contribution < 1.29 is 14.3 Å². The molecule has 8 heteroatoms. The number of carbonyl (C=O) groups is 2. The quantitative estimate of drug-likeness (QED) is 0.431. The molecule has 0 bridgehead atoms. The second kappa shape index (κ2) is 9.58. The van der Waals surface area contributed by atoms with Crippen LogP contribution in [0.25, 0.3) is 0 Å². The molecule has 0 saturated heterocycles. The lowest BCUT2D eigenvalue weighted by Crippen LogP contribution is -2.15. The molecule has 1 amide bonds. The summed E-state index contributed by atoms with van der Waals surface area (Å²) in [5.74, 6) is 1.37. The van der Waals surface area contributed by atoms with Crippen LogP contribution in [0.3, 0.4) is 0 Å². The van der Waals surface area contributed by atoms with Crippen LogP contribution in [0.4, 0.5) is 5.69 Å². The number of anilines is 1. The molecule has 1 aromatic heterocycles. The molecule has 30 heavy (non-hydrogen) atoms. The monoisotopic (exact) mass is 424 g/mol. The largest absolute Gasteiger partial charge is 0.483 e. The number of carbonyl (C=O) groups excluding carboxylic acids is 2. The fourth-order valence-electron chi connectivity index (χ4n) is 2.82. The van der Waals surface area contributed by atoms with Crippen molar-refractivity contribution in [1.29, 1.82) is 0 Å². The van der Waals surface area contributed by atoms with Gasteiger partial charge in [-0.25, -0.2) is 0 Å². The molecule has 0 aliphatic heterocycles. The zero-order chi connectivity index (χ0) is 21.7. The number of hydrogen-bond donors (Lipinski definition) is 1. The minimum Gasteiger partial charge on any atom is -0.483 e. The van der Waals surface area contributed by atoms with E-state index in [0.29, 0.717) is 22.2 Å². The second-order valence-corrected chi connectivity index (χ2v) is 7.89. The molecule has 0 aliphatic carbocycles. The van der Waals surface area contributed by atoms with Crippen molar-refractivity contribution in [2.45, 2.75) is 32.0 Å². The lowest BCUT2D eigenvalue weighted by atomic mass is 10.1. The Balaban J connectivity index is 1.58. The Labute approximate surface area is 179 Å². The van der Waals surface area contributed by atoms with E-state index in [0.717, 1.165) is 5.75 Å². The number of nitrogens with one attached hydrogen (secondary N) is 1. The Morgan fingerprint density at radius 1 is 1.17 bits per heavy atom. The first kappa shape index (κ1) is 21.6. The summed E-state index contributed by atoms with van der Waals surface area (Å²) in [4.78, 5) is 23.8. The zero-order valence-corrected chi connectivity index (χ0v) is 18.2. The van der Waals surface area contributed by atoms with Crippen molar-refractivity contribution in [3.63, 3.8) is 0 Å². The number of aromatic nitrogens is 3. The van der Waals surface area contributed by atoms with Crippen LogP contribution in [0.2, 0.25) is 0 Å². The molecule has 0 fully saturated rings. The molecule has 1 unspecified atom stereocenters. The summed E-state index contributed by atoms with van der Waals surface area (Å²) in [6.07, 6.45) is -0.289. The summed E-state index contributed by atoms with van der Waals surface area (Å²) in [6.45, 7) is 5.43. The zero-order valence-electron chi connectivity index (χ0n) is 17.4. The molecule has 1 atom stereocenters. The third-order valence-electron chi connectivity index (χ3n) is 4.45. The molecule has 1 heterocycles. The Kier molecular flexibility index (Phi) is 6.89. The molecule has 7 nitrogen and oxygen atoms in total. The Morgan fingerprint density at radius 2 is 1.90 bits per heavy atom. The van der Waals surface area contributed by atoms with E-state index in [9.17, 15) is 9.59 Å². The topological polar surface area (TPSA) is 86.1 Å². The maximum absolute atomic E-state index is 12.3. The van der Waals surface area contributed by atoms with E-state index < -0.39 is 0 Å². The molecule has 0 aliphatic rings. The summed E-state index contributed by atoms with van der Waals surface area (Å²) in [7, 11) is 1.85. The van der Waals surface area contributed by atoms with Gasteiger partial charge in [0, 0.05) is 18.3 Å². The van der Waals surface area contributed by atoms with E-state index in [1.54, 1.807) is 24.3 Å². The molecule has 0 saturated carbocycles. The SMILES string of the molecule is CC(=O)c1cccc(NC(=O)CSc2nnc(C(C)Oc3ccc(C)cc3)n2C)c1. The van der Waals surface area contributed by atoms with Crippen LogP contribution in [0.15, 0.2) is 53.7 Å². The van der Waals surface area contributed by atoms with Gasteiger partial charge in [-0.05, 0) is 45.0 Å². The Hall–Kier alpha value is -3.13. The summed E-state index contributed by atoms with van der Waals surface area (Å²) in [6, 6.07) is 14.7. The van der Waals surface area contributed by atoms with Crippen LogP contribution in [-0.4, -0.2) is 32.2 Å². The number of amides is 1. The third kappa shape index (κ3) is 5.48. The number of nitrogens with zero attached hydrogens (tertiary/aromatic N) is 3. The highest BCUT2D eigenvalue weighted by atomic mass is 32.2. The summed E-state index contributed by atoms with van der Waals surface area (Å²) in [5, 5.41) is 11.8. The van der Waals surface area contributed by atoms with Crippen molar-refractivity contribution in [2.75, 3.05) is 11.1 Å². The number of thioether (sulfide) groups is 1. The van der Waals surface area contributed by atoms with E-state index in [2.05, 4.69) is 15.5 Å². The first-order valence-electron chi connectivity index (χ1n) is 9.49. The molecule has 0 radical (unpaired) electrons. The van der Waals surface area contributed by atoms with Crippen molar-refractivity contribution in [3.8, 4) is 5.75 Å². The first-order valence-corrected chi connectivity index (χ1v) is 10.5. The number of rotatable bonds is 8. The van der Waals surface area contributed by atoms with E-state index in [1.165, 1.54) is 24.2 Å². The summed E-state index contributed by atoms with van der Waals surface area (Å²) >= 11 is 1.29. The fourth-order valence-corrected chi connectivity index (χ4v) is 3.54. The van der Waals surface area contributed by atoms with Crippen molar-refractivity contribution in [3.05, 3.63) is 65.5 Å². The van der Waals surface area contributed by atoms with Crippen molar-refractivity contribution in [1.82, 2.24) is 14.8 Å². The predicted molar refractivity (Wildman–Crippen MR) is 117 cm³/mol. The lowest BCUT2D eigenvalue weighted by Gasteiger charge is -2.14. The highest BCUT2D eigenvalue weighted by Crippen LogP contribution is 2.24. The van der Waals surface area contributed by atoms with Gasteiger partial charge in [-0.15, -0.1) is 10.2 Å². The van der Waals surface area contributed by atoms with Gasteiger partial charge in [0.15, 0.2) is 22.9 Å². The van der Waals surface area contributed by atoms with Gasteiger partial charge in [0.25, 0.3) is 0 Å². The lowest BCUT2D eigenvalue weighted by molar-refractivity contribution is -0.113. The molecular formula is C22H24N4O3S. The van der Waals surface area contributed by atoms with Crippen molar-refractivity contribution in [2.24, 2.45) is 7.05 Å². The average molecular weight is 425 g/mol. The predicted octanol–water partition coefficient (Wildman–Crippen LogP) is 4.20. The van der Waals surface area contributed by atoms with Crippen LogP contribution in [0, 0.1) is 6.92 Å². The van der Waals surface area contributed by atoms with Crippen LogP contribution < -0.4 is 10.1 Å². The van der Waals surface area contributed by atoms with Crippen LogP contribution in [-0.2, 0) is 11.8 Å². The maximum atomic E-state index is 12.3. The second-order valence-electron chi connectivity index (χ2n) is 6.95. The van der Waals surface area contributed by atoms with Crippen molar-refractivity contribution >= 4 is 29.1 Å². The van der Waals surface area contributed by atoms with Gasteiger partial charge in [-0.1, -0.05) is 41.6 Å². The Morgan fingerprint density at radius 3 is 2.60 bits per heavy atom. The standard InChI is InChI=1S/C22H24N4O3S/c1-14-8-10-19(11-9-14)29-16(3)21-24-25-22(26(21)4)30-13-20(28)23-18-7-5-6-17(12-18)15(2)27/h5-12,16H,13H2,1-4H3,(H,23,28). The highest BCUT2D eigenvalue weighted by Gasteiger charge is 2.18. The molecule has 3 rings (SSSR count). The number of Topliss-reactive ketones (excluding diaryl/α,β-unsaturated/α-hetero) is 1. The van der Waals surface area contributed by atoms with Crippen LogP contribution in [0.1, 0.15) is 41.7 Å². The molecule has 3 aromatic rings. The molecule has 1 N–H and O–H groups in total. The van der Waals surface area contributed by atoms with E-state index in [1.807, 2.05) is 49.7 Å². The maximum Gasteiger partial charge on any atom is 0.234 e. The highest BCUT2D eigenvalue weighted by molar-refractivity contribution is 7.99. The fraction of sp³-hybridized carbons (Fsp3) is 0.273. The van der Waals surface area contributed by atoms with E-state index >= 15 is 0 Å². The number of ketones is 1. The number of benzene rings is 2. The van der Waals surface area contributed by atoms with Crippen LogP contribution >= 0.6 is 11.8 Å². The van der Waals surface area contributed by atoms with Gasteiger partial charge in [-0.2, -0.15) is 0 Å². The summed E-state index contributed by atoms with van der Waals surface area (Å²) < 4.78 is 7.77. The first-order chi connectivity index (χ1) is 14.3. The Bertz CT molecular complexity index is 1050. The van der Waals surface area contributed by atoms with E-state index in [4.69, 9.17) is 4.74 Å². The number of hydrogen-bond acceptors (Lipinski definition) is 6. The van der Waals surface area contributed by atoms with Crippen LogP contribution in [0.5, 0.6) is 5.75 Å². The van der Waals surface area contributed by atoms with Gasteiger partial charge in [0.2, 0.25) is 5.91 Å². The number of ether oxygens (including phenoxy) is 1. The number of aryl methyl sites for hydroxylation is 1.